The number of anilines is 1. The Hall–Kier alpha value is -3.85. The average molecular weight is 721 g/mol. The molecular weight excluding hydrogens is 677 g/mol. The molecule has 5 rings (SSSR count). The molecule has 0 radical (unpaired) electrons. The zero-order valence-electron chi connectivity index (χ0n) is 28.2. The number of hydrogen-bond donors (Lipinski definition) is 1. The number of nitrogens with zero attached hydrogens (tertiary/aromatic N) is 2. The number of amides is 2. The molecule has 1 saturated carbocycles. The number of carbonyl (C=O) groups excluding carboxylic acids is 2. The van der Waals surface area contributed by atoms with Gasteiger partial charge >= 0.3 is 0 Å². The first kappa shape index (κ1) is 36.4. The van der Waals surface area contributed by atoms with Crippen LogP contribution in [0.5, 0.6) is 0 Å². The highest BCUT2D eigenvalue weighted by Gasteiger charge is 2.36. The molecular formula is C39H43Cl2N3O4S. The Labute approximate surface area is 300 Å². The van der Waals surface area contributed by atoms with Gasteiger partial charge in [0, 0.05) is 29.1 Å². The van der Waals surface area contributed by atoms with Gasteiger partial charge in [-0.3, -0.25) is 13.9 Å². The second-order valence-electron chi connectivity index (χ2n) is 12.9. The van der Waals surface area contributed by atoms with E-state index in [1.165, 1.54) is 4.90 Å². The second kappa shape index (κ2) is 16.2. The van der Waals surface area contributed by atoms with Crippen molar-refractivity contribution in [2.45, 2.75) is 82.8 Å². The third-order valence-corrected chi connectivity index (χ3v) is 11.6. The van der Waals surface area contributed by atoms with Crippen molar-refractivity contribution in [3.8, 4) is 0 Å². The smallest absolute Gasteiger partial charge is 0.264 e. The lowest BCUT2D eigenvalue weighted by atomic mass is 9.94. The Bertz CT molecular complexity index is 1880. The van der Waals surface area contributed by atoms with Gasteiger partial charge in [-0.05, 0) is 92.3 Å². The Balaban J connectivity index is 1.59. The fourth-order valence-corrected chi connectivity index (χ4v) is 8.05. The van der Waals surface area contributed by atoms with Crippen LogP contribution in [0.15, 0.2) is 95.9 Å². The van der Waals surface area contributed by atoms with Gasteiger partial charge in [0.2, 0.25) is 11.8 Å². The summed E-state index contributed by atoms with van der Waals surface area (Å²) in [4.78, 5) is 30.6. The van der Waals surface area contributed by atoms with E-state index in [0.717, 1.165) is 58.7 Å². The molecule has 7 nitrogen and oxygen atoms in total. The number of halogens is 2. The van der Waals surface area contributed by atoms with E-state index in [2.05, 4.69) is 5.32 Å². The average Bonchev–Trinajstić information content (AvgIpc) is 3.08. The predicted molar refractivity (Wildman–Crippen MR) is 198 cm³/mol. The fourth-order valence-electron chi connectivity index (χ4n) is 6.18. The number of benzene rings is 4. The monoisotopic (exact) mass is 719 g/mol. The Morgan fingerprint density at radius 1 is 0.837 bits per heavy atom. The highest BCUT2D eigenvalue weighted by molar-refractivity contribution is 7.92. The molecule has 1 fully saturated rings. The lowest BCUT2D eigenvalue weighted by molar-refractivity contribution is -0.140. The zero-order valence-corrected chi connectivity index (χ0v) is 30.5. The molecule has 1 N–H and O–H groups in total. The summed E-state index contributed by atoms with van der Waals surface area (Å²) >= 11 is 12.9. The highest BCUT2D eigenvalue weighted by Crippen LogP contribution is 2.29. The van der Waals surface area contributed by atoms with Crippen LogP contribution < -0.4 is 9.62 Å². The second-order valence-corrected chi connectivity index (χ2v) is 15.6. The van der Waals surface area contributed by atoms with E-state index in [9.17, 15) is 18.0 Å². The maximum absolute atomic E-state index is 14.8. The normalized spacial score (nSPS) is 14.2. The molecule has 258 valence electrons. The van der Waals surface area contributed by atoms with Crippen LogP contribution >= 0.6 is 23.2 Å². The van der Waals surface area contributed by atoms with Crippen molar-refractivity contribution in [1.82, 2.24) is 10.2 Å². The maximum atomic E-state index is 14.8. The van der Waals surface area contributed by atoms with Crippen molar-refractivity contribution in [2.75, 3.05) is 10.8 Å². The minimum absolute atomic E-state index is 0.00421. The van der Waals surface area contributed by atoms with E-state index in [1.54, 1.807) is 54.6 Å². The summed E-state index contributed by atoms with van der Waals surface area (Å²) < 4.78 is 29.8. The SMILES string of the molecule is Cc1ccc(S(=O)(=O)N(CC(=O)N(Cc2ccc(Cl)cc2Cl)[C@@H](Cc2ccccc2)C(=O)NC2CCCCC2)c2ccc(C)c(C)c2)cc1. The minimum Gasteiger partial charge on any atom is -0.352 e. The lowest BCUT2D eigenvalue weighted by Gasteiger charge is -2.35. The summed E-state index contributed by atoms with van der Waals surface area (Å²) in [6, 6.07) is 25.5. The van der Waals surface area contributed by atoms with Crippen LogP contribution in [0, 0.1) is 20.8 Å². The van der Waals surface area contributed by atoms with Crippen molar-refractivity contribution in [3.63, 3.8) is 0 Å². The number of hydrogen-bond acceptors (Lipinski definition) is 4. The molecule has 2 amide bonds. The van der Waals surface area contributed by atoms with Gasteiger partial charge in [-0.25, -0.2) is 8.42 Å². The molecule has 4 aromatic rings. The molecule has 4 aromatic carbocycles. The van der Waals surface area contributed by atoms with E-state index in [1.807, 2.05) is 57.2 Å². The molecule has 0 aromatic heterocycles. The van der Waals surface area contributed by atoms with Gasteiger partial charge in [-0.1, -0.05) is 103 Å². The highest BCUT2D eigenvalue weighted by atomic mass is 35.5. The van der Waals surface area contributed by atoms with Gasteiger partial charge < -0.3 is 10.2 Å². The number of carbonyl (C=O) groups is 2. The van der Waals surface area contributed by atoms with Crippen LogP contribution in [0.3, 0.4) is 0 Å². The quantitative estimate of drug-likeness (QED) is 0.160. The molecule has 0 heterocycles. The first-order valence-corrected chi connectivity index (χ1v) is 18.9. The van der Waals surface area contributed by atoms with E-state index in [0.29, 0.717) is 21.3 Å². The largest absolute Gasteiger partial charge is 0.352 e. The van der Waals surface area contributed by atoms with Crippen molar-refractivity contribution in [3.05, 3.63) is 129 Å². The predicted octanol–water partition coefficient (Wildman–Crippen LogP) is 8.20. The number of nitrogens with one attached hydrogen (secondary N) is 1. The third kappa shape index (κ3) is 9.24. The van der Waals surface area contributed by atoms with Gasteiger partial charge in [0.15, 0.2) is 0 Å². The molecule has 1 aliphatic rings. The van der Waals surface area contributed by atoms with Gasteiger partial charge in [-0.2, -0.15) is 0 Å². The molecule has 0 bridgehead atoms. The summed E-state index contributed by atoms with van der Waals surface area (Å²) in [5.74, 6) is -0.826. The Kier molecular flexibility index (Phi) is 12.1. The van der Waals surface area contributed by atoms with Gasteiger partial charge in [0.25, 0.3) is 10.0 Å². The Morgan fingerprint density at radius 2 is 1.53 bits per heavy atom. The number of aryl methyl sites for hydroxylation is 3. The van der Waals surface area contributed by atoms with Gasteiger partial charge in [0.05, 0.1) is 10.6 Å². The summed E-state index contributed by atoms with van der Waals surface area (Å²) in [6.07, 6.45) is 5.15. The first-order valence-electron chi connectivity index (χ1n) is 16.7. The van der Waals surface area contributed by atoms with Crippen LogP contribution in [0.1, 0.15) is 59.9 Å². The van der Waals surface area contributed by atoms with Crippen LogP contribution in [-0.2, 0) is 32.6 Å². The summed E-state index contributed by atoms with van der Waals surface area (Å²) in [5.41, 5.74) is 4.59. The Morgan fingerprint density at radius 3 is 2.18 bits per heavy atom. The van der Waals surface area contributed by atoms with Gasteiger partial charge in [-0.15, -0.1) is 0 Å². The fraction of sp³-hybridized carbons (Fsp3) is 0.333. The molecule has 0 aliphatic heterocycles. The zero-order chi connectivity index (χ0) is 35.1. The van der Waals surface area contributed by atoms with Gasteiger partial charge in [0.1, 0.15) is 12.6 Å². The van der Waals surface area contributed by atoms with E-state index in [-0.39, 0.29) is 29.8 Å². The molecule has 0 saturated heterocycles. The standard InChI is InChI=1S/C39H43Cl2N3O4S/c1-27-14-20-35(21-15-27)49(47,48)44(34-19-16-28(2)29(3)22-34)26-38(45)43(25-31-17-18-32(40)24-36(31)41)37(23-30-10-6-4-7-11-30)39(46)42-33-12-8-5-9-13-33/h4,6-7,10-11,14-22,24,33,37H,5,8-9,12-13,23,25-26H2,1-3H3,(H,42,46)/t37-/m0/s1. The van der Waals surface area contributed by atoms with Crippen molar-refractivity contribution >= 4 is 50.7 Å². The topological polar surface area (TPSA) is 86.8 Å². The van der Waals surface area contributed by atoms with Crippen LogP contribution in [0.25, 0.3) is 0 Å². The molecule has 10 heteroatoms. The van der Waals surface area contributed by atoms with E-state index < -0.39 is 28.5 Å². The summed E-state index contributed by atoms with van der Waals surface area (Å²) in [6.45, 7) is 5.16. The van der Waals surface area contributed by atoms with E-state index >= 15 is 0 Å². The van der Waals surface area contributed by atoms with Crippen LogP contribution in [-0.4, -0.2) is 43.8 Å². The molecule has 0 spiro atoms. The van der Waals surface area contributed by atoms with Crippen LogP contribution in [0.4, 0.5) is 5.69 Å². The van der Waals surface area contributed by atoms with Crippen molar-refractivity contribution < 1.29 is 18.0 Å². The number of sulfonamides is 1. The molecule has 49 heavy (non-hydrogen) atoms. The maximum Gasteiger partial charge on any atom is 0.264 e. The summed E-state index contributed by atoms with van der Waals surface area (Å²) in [7, 11) is -4.20. The minimum atomic E-state index is -4.20. The van der Waals surface area contributed by atoms with Crippen molar-refractivity contribution in [1.29, 1.82) is 0 Å². The molecule has 1 atom stereocenters. The number of rotatable bonds is 12. The first-order chi connectivity index (χ1) is 23.4. The van der Waals surface area contributed by atoms with Crippen molar-refractivity contribution in [2.24, 2.45) is 0 Å². The molecule has 0 unspecified atom stereocenters. The lowest BCUT2D eigenvalue weighted by Crippen LogP contribution is -2.55. The summed E-state index contributed by atoms with van der Waals surface area (Å²) in [5, 5.41) is 4.01. The molecule has 1 aliphatic carbocycles. The van der Waals surface area contributed by atoms with Crippen LogP contribution in [0.2, 0.25) is 10.0 Å². The third-order valence-electron chi connectivity index (χ3n) is 9.24. The van der Waals surface area contributed by atoms with E-state index in [4.69, 9.17) is 23.2 Å².